The molecule has 1 fully saturated rings. The van der Waals surface area contributed by atoms with Crippen molar-refractivity contribution < 1.29 is 9.13 Å². The topological polar surface area (TPSA) is 82.9 Å². The highest BCUT2D eigenvalue weighted by Crippen LogP contribution is 2.28. The van der Waals surface area contributed by atoms with Crippen LogP contribution in [0, 0.1) is 17.1 Å². The molecule has 8 heteroatoms. The van der Waals surface area contributed by atoms with Gasteiger partial charge in [-0.25, -0.2) is 4.98 Å². The fourth-order valence-electron chi connectivity index (χ4n) is 2.83. The van der Waals surface area contributed by atoms with Crippen LogP contribution in [-0.2, 0) is 0 Å². The lowest BCUT2D eigenvalue weighted by molar-refractivity contribution is 0.307. The molecule has 0 spiro atoms. The Morgan fingerprint density at radius 3 is 2.68 bits per heavy atom. The number of ether oxygens (including phenoxy) is 1. The third-order valence-electron chi connectivity index (χ3n) is 4.35. The van der Waals surface area contributed by atoms with Gasteiger partial charge >= 0.3 is 0 Å². The summed E-state index contributed by atoms with van der Waals surface area (Å²) in [4.78, 5) is 7.50. The minimum absolute atomic E-state index is 0.0462. The van der Waals surface area contributed by atoms with Crippen LogP contribution < -0.4 is 15.4 Å². The van der Waals surface area contributed by atoms with Gasteiger partial charge in [0.1, 0.15) is 6.33 Å². The SMILES string of the molecule is CCC1CCC(C)N1.CCOc1ncnc(Nc2ccc(C#N)cc2Cl)c1F. The average Bonchev–Trinajstić information content (AvgIpc) is 3.12. The third-order valence-corrected chi connectivity index (χ3v) is 4.66. The summed E-state index contributed by atoms with van der Waals surface area (Å²) < 4.78 is 19.1. The van der Waals surface area contributed by atoms with Gasteiger partial charge in [-0.2, -0.15) is 14.6 Å². The minimum atomic E-state index is -0.699. The second-order valence-electron chi connectivity index (χ2n) is 6.46. The molecule has 2 aromatic rings. The fraction of sp³-hybridized carbons (Fsp3) is 0.450. The van der Waals surface area contributed by atoms with Crippen molar-refractivity contribution in [3.8, 4) is 11.9 Å². The Kier molecular flexibility index (Phi) is 8.42. The highest BCUT2D eigenvalue weighted by Gasteiger charge is 2.17. The van der Waals surface area contributed by atoms with Crippen molar-refractivity contribution >= 4 is 23.1 Å². The summed E-state index contributed by atoms with van der Waals surface area (Å²) in [6.07, 6.45) is 5.24. The molecule has 1 aliphatic rings. The summed E-state index contributed by atoms with van der Waals surface area (Å²) in [6, 6.07) is 8.18. The highest BCUT2D eigenvalue weighted by atomic mass is 35.5. The Labute approximate surface area is 170 Å². The maximum atomic E-state index is 14.0. The highest BCUT2D eigenvalue weighted by molar-refractivity contribution is 6.33. The molecule has 0 saturated carbocycles. The molecule has 1 aromatic carbocycles. The molecule has 28 heavy (non-hydrogen) atoms. The zero-order valence-electron chi connectivity index (χ0n) is 16.3. The van der Waals surface area contributed by atoms with Crippen molar-refractivity contribution in [3.05, 3.63) is 40.9 Å². The van der Waals surface area contributed by atoms with Gasteiger partial charge in [-0.05, 0) is 51.3 Å². The number of hydrogen-bond donors (Lipinski definition) is 2. The van der Waals surface area contributed by atoms with E-state index in [1.165, 1.54) is 31.7 Å². The first-order chi connectivity index (χ1) is 13.5. The van der Waals surface area contributed by atoms with Crippen molar-refractivity contribution in [2.45, 2.75) is 52.1 Å². The smallest absolute Gasteiger partial charge is 0.255 e. The van der Waals surface area contributed by atoms with Gasteiger partial charge in [0.2, 0.25) is 5.82 Å². The van der Waals surface area contributed by atoms with Crippen LogP contribution in [0.3, 0.4) is 0 Å². The first-order valence-electron chi connectivity index (χ1n) is 9.34. The third kappa shape index (κ3) is 6.04. The molecule has 2 atom stereocenters. The molecule has 1 aromatic heterocycles. The van der Waals surface area contributed by atoms with Gasteiger partial charge in [0.15, 0.2) is 5.82 Å². The van der Waals surface area contributed by atoms with E-state index in [4.69, 9.17) is 21.6 Å². The van der Waals surface area contributed by atoms with Gasteiger partial charge in [-0.1, -0.05) is 18.5 Å². The van der Waals surface area contributed by atoms with Gasteiger partial charge in [0, 0.05) is 12.1 Å². The Balaban J connectivity index is 0.000000292. The summed E-state index contributed by atoms with van der Waals surface area (Å²) in [6.45, 7) is 6.53. The van der Waals surface area contributed by atoms with Crippen LogP contribution in [0.5, 0.6) is 5.88 Å². The second kappa shape index (κ2) is 10.8. The summed E-state index contributed by atoms with van der Waals surface area (Å²) in [7, 11) is 0. The number of rotatable bonds is 5. The van der Waals surface area contributed by atoms with Crippen molar-refractivity contribution in [1.29, 1.82) is 5.26 Å². The van der Waals surface area contributed by atoms with E-state index in [1.54, 1.807) is 19.1 Å². The Morgan fingerprint density at radius 2 is 2.14 bits per heavy atom. The van der Waals surface area contributed by atoms with Gasteiger partial charge in [0.05, 0.1) is 28.9 Å². The van der Waals surface area contributed by atoms with E-state index in [0.29, 0.717) is 22.9 Å². The first-order valence-corrected chi connectivity index (χ1v) is 9.72. The van der Waals surface area contributed by atoms with E-state index < -0.39 is 5.82 Å². The number of benzene rings is 1. The lowest BCUT2D eigenvalue weighted by Gasteiger charge is -2.10. The lowest BCUT2D eigenvalue weighted by atomic mass is 10.2. The summed E-state index contributed by atoms with van der Waals surface area (Å²) in [5.41, 5.74) is 0.851. The lowest BCUT2D eigenvalue weighted by Crippen LogP contribution is -2.25. The molecular formula is C20H25ClFN5O. The number of hydrogen-bond acceptors (Lipinski definition) is 6. The molecule has 2 heterocycles. The van der Waals surface area contributed by atoms with E-state index in [1.807, 2.05) is 6.07 Å². The van der Waals surface area contributed by atoms with Crippen LogP contribution in [0.25, 0.3) is 0 Å². The Morgan fingerprint density at radius 1 is 1.36 bits per heavy atom. The van der Waals surface area contributed by atoms with E-state index in [9.17, 15) is 4.39 Å². The quantitative estimate of drug-likeness (QED) is 0.742. The van der Waals surface area contributed by atoms with E-state index in [0.717, 1.165) is 12.1 Å². The molecule has 2 N–H and O–H groups in total. The number of nitrogens with one attached hydrogen (secondary N) is 2. The summed E-state index contributed by atoms with van der Waals surface area (Å²) in [5, 5.41) is 15.3. The van der Waals surface area contributed by atoms with Gasteiger partial charge in [-0.15, -0.1) is 0 Å². The van der Waals surface area contributed by atoms with Gasteiger partial charge < -0.3 is 15.4 Å². The van der Waals surface area contributed by atoms with Crippen LogP contribution in [0.1, 0.15) is 45.6 Å². The number of halogens is 2. The van der Waals surface area contributed by atoms with Crippen LogP contribution >= 0.6 is 11.6 Å². The maximum absolute atomic E-state index is 14.0. The molecule has 1 aliphatic heterocycles. The largest absolute Gasteiger partial charge is 0.476 e. The molecule has 6 nitrogen and oxygen atoms in total. The zero-order valence-corrected chi connectivity index (χ0v) is 17.1. The van der Waals surface area contributed by atoms with Gasteiger partial charge in [-0.3, -0.25) is 0 Å². The molecule has 0 amide bonds. The standard InChI is InChI=1S/C13H10ClFN4O.C7H15N/c1-2-20-13-11(15)12(17-7-18-13)19-10-4-3-8(6-16)5-9(10)14;1-3-7-5-4-6(2)8-7/h3-5,7H,2H2,1H3,(H,17,18,19);6-8H,3-5H2,1-2H3. The monoisotopic (exact) mass is 405 g/mol. The number of aromatic nitrogens is 2. The van der Waals surface area contributed by atoms with Crippen molar-refractivity contribution in [2.75, 3.05) is 11.9 Å². The van der Waals surface area contributed by atoms with Gasteiger partial charge in [0.25, 0.3) is 5.88 Å². The first kappa shape index (κ1) is 21.9. The van der Waals surface area contributed by atoms with E-state index in [2.05, 4.69) is 34.4 Å². The Bertz CT molecular complexity index is 827. The van der Waals surface area contributed by atoms with E-state index >= 15 is 0 Å². The maximum Gasteiger partial charge on any atom is 0.255 e. The Hall–Kier alpha value is -2.43. The summed E-state index contributed by atoms with van der Waals surface area (Å²) >= 11 is 6.00. The zero-order chi connectivity index (χ0) is 20.5. The summed E-state index contributed by atoms with van der Waals surface area (Å²) in [5.74, 6) is -0.875. The van der Waals surface area contributed by atoms with Crippen LogP contribution in [0.4, 0.5) is 15.9 Å². The molecule has 0 bridgehead atoms. The van der Waals surface area contributed by atoms with Crippen LogP contribution in [0.2, 0.25) is 5.02 Å². The van der Waals surface area contributed by atoms with Crippen molar-refractivity contribution in [2.24, 2.45) is 0 Å². The predicted molar refractivity (Wildman–Crippen MR) is 109 cm³/mol. The number of anilines is 2. The molecule has 1 saturated heterocycles. The molecule has 0 aliphatic carbocycles. The number of nitriles is 1. The molecule has 150 valence electrons. The normalized spacial score (nSPS) is 18.0. The fourth-order valence-corrected chi connectivity index (χ4v) is 3.06. The molecule has 2 unspecified atom stereocenters. The van der Waals surface area contributed by atoms with Crippen molar-refractivity contribution in [1.82, 2.24) is 15.3 Å². The van der Waals surface area contributed by atoms with Crippen molar-refractivity contribution in [3.63, 3.8) is 0 Å². The average molecular weight is 406 g/mol. The van der Waals surface area contributed by atoms with Crippen LogP contribution in [-0.4, -0.2) is 28.7 Å². The second-order valence-corrected chi connectivity index (χ2v) is 6.86. The molecule has 3 rings (SSSR count). The van der Waals surface area contributed by atoms with E-state index in [-0.39, 0.29) is 11.7 Å². The predicted octanol–water partition coefficient (Wildman–Crippen LogP) is 4.82. The molecular weight excluding hydrogens is 381 g/mol. The molecule has 0 radical (unpaired) electrons. The minimum Gasteiger partial charge on any atom is -0.476 e. The number of nitrogens with zero attached hydrogens (tertiary/aromatic N) is 3. The van der Waals surface area contributed by atoms with Crippen LogP contribution in [0.15, 0.2) is 24.5 Å².